The largest absolute Gasteiger partial charge is 0.439 e. The second kappa shape index (κ2) is 7.80. The Morgan fingerprint density at radius 3 is 2.68 bits per heavy atom. The minimum atomic E-state index is -0.602. The molecule has 0 fully saturated rings. The lowest BCUT2D eigenvalue weighted by atomic mass is 10.2. The molecular weight excluding hydrogens is 366 g/mol. The molecule has 0 aliphatic rings. The van der Waals surface area contributed by atoms with Crippen molar-refractivity contribution in [2.24, 2.45) is 0 Å². The summed E-state index contributed by atoms with van der Waals surface area (Å²) < 4.78 is 32.4. The summed E-state index contributed by atoms with van der Waals surface area (Å²) in [5.41, 5.74) is 1.10. The van der Waals surface area contributed by atoms with Crippen molar-refractivity contribution in [3.8, 4) is 11.6 Å². The Morgan fingerprint density at radius 1 is 1.08 bits per heavy atom. The summed E-state index contributed by atoms with van der Waals surface area (Å²) in [7, 11) is 0. The fourth-order valence-electron chi connectivity index (χ4n) is 2.06. The van der Waals surface area contributed by atoms with Crippen LogP contribution in [-0.2, 0) is 5.75 Å². The predicted molar refractivity (Wildman–Crippen MR) is 94.2 cm³/mol. The molecule has 0 aliphatic heterocycles. The molecular formula is C18H13ClF2N2OS. The summed E-state index contributed by atoms with van der Waals surface area (Å²) in [5, 5.41) is 1.01. The summed E-state index contributed by atoms with van der Waals surface area (Å²) in [4.78, 5) is 8.62. The zero-order valence-corrected chi connectivity index (χ0v) is 14.7. The Kier molecular flexibility index (Phi) is 5.50. The second-order valence-corrected chi connectivity index (χ2v) is 6.59. The Bertz CT molecular complexity index is 908. The molecule has 1 heterocycles. The van der Waals surface area contributed by atoms with E-state index >= 15 is 0 Å². The van der Waals surface area contributed by atoms with Gasteiger partial charge < -0.3 is 4.74 Å². The van der Waals surface area contributed by atoms with Gasteiger partial charge in [0, 0.05) is 28.6 Å². The van der Waals surface area contributed by atoms with Crippen LogP contribution in [0.25, 0.3) is 0 Å². The second-order valence-electron chi connectivity index (χ2n) is 5.21. The van der Waals surface area contributed by atoms with Gasteiger partial charge in [-0.1, -0.05) is 35.5 Å². The van der Waals surface area contributed by atoms with Crippen LogP contribution in [0.4, 0.5) is 8.78 Å². The molecule has 3 nitrogen and oxygen atoms in total. The maximum absolute atomic E-state index is 13.7. The number of hydrogen-bond acceptors (Lipinski definition) is 4. The Balaban J connectivity index is 1.75. The van der Waals surface area contributed by atoms with Gasteiger partial charge in [0.25, 0.3) is 0 Å². The number of hydrogen-bond donors (Lipinski definition) is 0. The van der Waals surface area contributed by atoms with Gasteiger partial charge in [-0.25, -0.2) is 13.8 Å². The van der Waals surface area contributed by atoms with Crippen molar-refractivity contribution in [3.63, 3.8) is 0 Å². The SMILES string of the molecule is Cc1cc(Oc2cccc(Cl)c2)nc(SCc2ccc(F)cc2F)n1. The number of rotatable bonds is 5. The average molecular weight is 379 g/mol. The summed E-state index contributed by atoms with van der Waals surface area (Å²) in [6, 6.07) is 12.2. The molecule has 128 valence electrons. The summed E-state index contributed by atoms with van der Waals surface area (Å²) >= 11 is 7.18. The van der Waals surface area contributed by atoms with Gasteiger partial charge in [0.05, 0.1) is 0 Å². The number of aromatic nitrogens is 2. The van der Waals surface area contributed by atoms with Crippen LogP contribution < -0.4 is 4.74 Å². The van der Waals surface area contributed by atoms with Crippen molar-refractivity contribution in [1.82, 2.24) is 9.97 Å². The number of ether oxygens (including phenoxy) is 1. The lowest BCUT2D eigenvalue weighted by molar-refractivity contribution is 0.454. The number of thioether (sulfide) groups is 1. The molecule has 0 saturated heterocycles. The van der Waals surface area contributed by atoms with E-state index in [4.69, 9.17) is 16.3 Å². The minimum absolute atomic E-state index is 0.284. The normalized spacial score (nSPS) is 10.7. The highest BCUT2D eigenvalue weighted by Gasteiger charge is 2.09. The molecule has 0 amide bonds. The zero-order chi connectivity index (χ0) is 17.8. The van der Waals surface area contributed by atoms with E-state index < -0.39 is 11.6 Å². The van der Waals surface area contributed by atoms with Crippen molar-refractivity contribution >= 4 is 23.4 Å². The molecule has 3 aromatic rings. The molecule has 0 N–H and O–H groups in total. The first kappa shape index (κ1) is 17.6. The van der Waals surface area contributed by atoms with Gasteiger partial charge in [-0.15, -0.1) is 0 Å². The predicted octanol–water partition coefficient (Wildman–Crippen LogP) is 5.80. The van der Waals surface area contributed by atoms with Crippen molar-refractivity contribution in [3.05, 3.63) is 76.4 Å². The van der Waals surface area contributed by atoms with E-state index in [1.165, 1.54) is 23.9 Å². The van der Waals surface area contributed by atoms with E-state index in [2.05, 4.69) is 9.97 Å². The summed E-state index contributed by atoms with van der Waals surface area (Å²) in [6.07, 6.45) is 0. The van der Waals surface area contributed by atoms with Gasteiger partial charge in [-0.05, 0) is 36.8 Å². The Morgan fingerprint density at radius 2 is 1.92 bits per heavy atom. The highest BCUT2D eigenvalue weighted by molar-refractivity contribution is 7.98. The van der Waals surface area contributed by atoms with Crippen LogP contribution in [0.2, 0.25) is 5.02 Å². The maximum atomic E-state index is 13.7. The van der Waals surface area contributed by atoms with Crippen LogP contribution in [0.3, 0.4) is 0 Å². The van der Waals surface area contributed by atoms with Crippen LogP contribution in [0.5, 0.6) is 11.6 Å². The Labute approximate surface area is 153 Å². The van der Waals surface area contributed by atoms with E-state index in [9.17, 15) is 8.78 Å². The summed E-state index contributed by atoms with van der Waals surface area (Å²) in [6.45, 7) is 1.81. The van der Waals surface area contributed by atoms with Gasteiger partial charge in [-0.3, -0.25) is 0 Å². The number of benzene rings is 2. The summed E-state index contributed by atoms with van der Waals surface area (Å²) in [5.74, 6) is 0.0282. The van der Waals surface area contributed by atoms with Gasteiger partial charge in [-0.2, -0.15) is 4.98 Å². The van der Waals surface area contributed by atoms with Crippen molar-refractivity contribution in [2.75, 3.05) is 0 Å². The molecule has 7 heteroatoms. The zero-order valence-electron chi connectivity index (χ0n) is 13.2. The first-order chi connectivity index (χ1) is 12.0. The van der Waals surface area contributed by atoms with Gasteiger partial charge in [0.2, 0.25) is 5.88 Å². The smallest absolute Gasteiger partial charge is 0.223 e. The lowest BCUT2D eigenvalue weighted by Gasteiger charge is -2.08. The third kappa shape index (κ3) is 4.90. The van der Waals surface area contributed by atoms with Crippen LogP contribution in [0.15, 0.2) is 53.7 Å². The molecule has 0 saturated carbocycles. The van der Waals surface area contributed by atoms with Crippen LogP contribution >= 0.6 is 23.4 Å². The molecule has 1 aromatic heterocycles. The Hall–Kier alpha value is -2.18. The van der Waals surface area contributed by atoms with Crippen LogP contribution in [0, 0.1) is 18.6 Å². The molecule has 0 radical (unpaired) electrons. The molecule has 0 aliphatic carbocycles. The van der Waals surface area contributed by atoms with Gasteiger partial charge in [0.1, 0.15) is 17.4 Å². The molecule has 0 atom stereocenters. The van der Waals surface area contributed by atoms with Crippen molar-refractivity contribution in [2.45, 2.75) is 17.8 Å². The van der Waals surface area contributed by atoms with E-state index in [0.29, 0.717) is 33.1 Å². The standard InChI is InChI=1S/C18H13ClF2N2OS/c1-11-7-17(24-15-4-2-3-13(19)8-15)23-18(22-11)25-10-12-5-6-14(20)9-16(12)21/h2-9H,10H2,1H3. The van der Waals surface area contributed by atoms with Gasteiger partial charge >= 0.3 is 0 Å². The number of nitrogens with zero attached hydrogens (tertiary/aromatic N) is 2. The molecule has 2 aromatic carbocycles. The van der Waals surface area contributed by atoms with Crippen molar-refractivity contribution < 1.29 is 13.5 Å². The highest BCUT2D eigenvalue weighted by atomic mass is 35.5. The molecule has 25 heavy (non-hydrogen) atoms. The van der Waals surface area contributed by atoms with Crippen molar-refractivity contribution in [1.29, 1.82) is 0 Å². The molecule has 0 unspecified atom stereocenters. The van der Waals surface area contributed by atoms with Gasteiger partial charge in [0.15, 0.2) is 5.16 Å². The van der Waals surface area contributed by atoms with E-state index in [0.717, 1.165) is 6.07 Å². The van der Waals surface area contributed by atoms with Crippen LogP contribution in [-0.4, -0.2) is 9.97 Å². The van der Waals surface area contributed by atoms with E-state index in [1.54, 1.807) is 30.3 Å². The molecule has 0 bridgehead atoms. The molecule has 3 rings (SSSR count). The highest BCUT2D eigenvalue weighted by Crippen LogP contribution is 2.27. The fraction of sp³-hybridized carbons (Fsp3) is 0.111. The lowest BCUT2D eigenvalue weighted by Crippen LogP contribution is -1.96. The first-order valence-corrected chi connectivity index (χ1v) is 8.72. The average Bonchev–Trinajstić information content (AvgIpc) is 2.53. The fourth-order valence-corrected chi connectivity index (χ4v) is 3.12. The van der Waals surface area contributed by atoms with Crippen LogP contribution in [0.1, 0.15) is 11.3 Å². The third-order valence-electron chi connectivity index (χ3n) is 3.20. The first-order valence-electron chi connectivity index (χ1n) is 7.35. The minimum Gasteiger partial charge on any atom is -0.439 e. The topological polar surface area (TPSA) is 35.0 Å². The molecule has 0 spiro atoms. The quantitative estimate of drug-likeness (QED) is 0.415. The third-order valence-corrected chi connectivity index (χ3v) is 4.33. The number of halogens is 3. The number of aryl methyl sites for hydroxylation is 1. The maximum Gasteiger partial charge on any atom is 0.223 e. The monoisotopic (exact) mass is 378 g/mol. The van der Waals surface area contributed by atoms with E-state index in [1.807, 2.05) is 6.92 Å². The van der Waals surface area contributed by atoms with E-state index in [-0.39, 0.29) is 5.75 Å².